The van der Waals surface area contributed by atoms with Gasteiger partial charge in [-0.05, 0) is 103 Å². The first-order valence-electron chi connectivity index (χ1n) is 20.0. The summed E-state index contributed by atoms with van der Waals surface area (Å²) in [4.78, 5) is 2.36. The van der Waals surface area contributed by atoms with Crippen LogP contribution in [0.2, 0.25) is 0 Å². The summed E-state index contributed by atoms with van der Waals surface area (Å²) in [6.45, 7) is 4.27. The summed E-state index contributed by atoms with van der Waals surface area (Å²) in [7, 11) is 0. The third-order valence-electron chi connectivity index (χ3n) is 11.5. The molecule has 0 radical (unpaired) electrons. The molecule has 1 heterocycles. The summed E-state index contributed by atoms with van der Waals surface area (Å²) in [5.41, 5.74) is 10.9. The van der Waals surface area contributed by atoms with E-state index in [0.29, 0.717) is 0 Å². The first-order valence-corrected chi connectivity index (χ1v) is 20.8. The van der Waals surface area contributed by atoms with Crippen molar-refractivity contribution in [2.75, 3.05) is 4.90 Å². The van der Waals surface area contributed by atoms with E-state index in [1.54, 1.807) is 0 Å². The molecule has 0 saturated carbocycles. The fraction of sp³-hybridized carbons (Fsp3) is 0.0357. The van der Waals surface area contributed by atoms with Gasteiger partial charge in [0, 0.05) is 43.7 Å². The fourth-order valence-electron chi connectivity index (χ4n) is 8.77. The quantitative estimate of drug-likeness (QED) is 0.105. The monoisotopic (exact) mass is 759 g/mol. The number of allylic oxidation sites excluding steroid dienone is 8. The zero-order valence-corrected chi connectivity index (χ0v) is 32.9. The first kappa shape index (κ1) is 35.4. The van der Waals surface area contributed by atoms with Gasteiger partial charge in [0.2, 0.25) is 0 Å². The maximum atomic E-state index is 4.27. The predicted octanol–water partition coefficient (Wildman–Crippen LogP) is 15.9. The van der Waals surface area contributed by atoms with Crippen LogP contribution in [-0.4, -0.2) is 0 Å². The number of fused-ring (bicyclic) bond motifs is 6. The predicted molar refractivity (Wildman–Crippen MR) is 252 cm³/mol. The van der Waals surface area contributed by atoms with Gasteiger partial charge < -0.3 is 4.90 Å². The van der Waals surface area contributed by atoms with Gasteiger partial charge in [-0.1, -0.05) is 183 Å². The molecule has 10 rings (SSSR count). The lowest BCUT2D eigenvalue weighted by atomic mass is 9.85. The molecular formula is C56H41NS. The molecule has 2 heteroatoms. The van der Waals surface area contributed by atoms with Crippen LogP contribution < -0.4 is 4.90 Å². The van der Waals surface area contributed by atoms with Crippen molar-refractivity contribution >= 4 is 64.3 Å². The van der Waals surface area contributed by atoms with E-state index in [9.17, 15) is 0 Å². The minimum atomic E-state index is 0.289. The third-order valence-corrected chi connectivity index (χ3v) is 12.6. The third kappa shape index (κ3) is 6.48. The number of rotatable bonds is 9. The molecule has 0 amide bonds. The Morgan fingerprint density at radius 1 is 0.569 bits per heavy atom. The lowest BCUT2D eigenvalue weighted by Gasteiger charge is -2.29. The largest absolute Gasteiger partial charge is 0.321 e. The number of anilines is 1. The molecule has 0 N–H and O–H groups in total. The number of benzene rings is 8. The second-order valence-electron chi connectivity index (χ2n) is 14.8. The van der Waals surface area contributed by atoms with Gasteiger partial charge in [0.15, 0.2) is 0 Å². The van der Waals surface area contributed by atoms with Crippen molar-refractivity contribution in [1.82, 2.24) is 0 Å². The van der Waals surface area contributed by atoms with Crippen molar-refractivity contribution in [2.45, 2.75) is 12.3 Å². The van der Waals surface area contributed by atoms with Crippen LogP contribution in [0.5, 0.6) is 0 Å². The Kier molecular flexibility index (Phi) is 9.47. The highest BCUT2D eigenvalue weighted by Crippen LogP contribution is 2.45. The maximum Gasteiger partial charge on any atom is 0.0452 e. The topological polar surface area (TPSA) is 3.24 Å². The van der Waals surface area contributed by atoms with E-state index in [1.807, 2.05) is 17.4 Å². The molecule has 0 bridgehead atoms. The lowest BCUT2D eigenvalue weighted by Crippen LogP contribution is -2.18. The van der Waals surface area contributed by atoms with E-state index in [0.717, 1.165) is 17.7 Å². The van der Waals surface area contributed by atoms with Crippen molar-refractivity contribution in [1.29, 1.82) is 0 Å². The van der Waals surface area contributed by atoms with Crippen molar-refractivity contribution < 1.29 is 0 Å². The molecule has 1 atom stereocenters. The standard InChI is InChI=1S/C56H41NS/c1-2-39(46-30-16-32-53-56(46)51-29-13-14-31-52(51)58-53)23-17-37-57(45-24-15-22-43(38-45)40-18-5-3-6-19-40)44-35-33-42(34-36-44)55-50-28-12-10-26-48(50)47-25-9-11-27-49(47)54(55)41-20-7-4-8-21-41/h2-37,43H,1,38H2/b37-17+,39-23+. The van der Waals surface area contributed by atoms with Crippen LogP contribution in [0.1, 0.15) is 23.5 Å². The number of hydrogen-bond donors (Lipinski definition) is 0. The van der Waals surface area contributed by atoms with Crippen molar-refractivity contribution in [3.8, 4) is 22.3 Å². The highest BCUT2D eigenvalue weighted by molar-refractivity contribution is 7.25. The normalized spacial score (nSPS) is 14.4. The van der Waals surface area contributed by atoms with Gasteiger partial charge in [-0.2, -0.15) is 0 Å². The lowest BCUT2D eigenvalue weighted by molar-refractivity contribution is 0.793. The van der Waals surface area contributed by atoms with E-state index in [-0.39, 0.29) is 5.92 Å². The molecule has 1 aliphatic rings. The second kappa shape index (κ2) is 15.5. The van der Waals surface area contributed by atoms with Crippen molar-refractivity contribution in [3.05, 3.63) is 242 Å². The molecule has 1 nitrogen and oxygen atoms in total. The maximum absolute atomic E-state index is 4.27. The van der Waals surface area contributed by atoms with Gasteiger partial charge in [0.25, 0.3) is 0 Å². The Labute approximate surface area is 344 Å². The van der Waals surface area contributed by atoms with E-state index < -0.39 is 0 Å². The summed E-state index contributed by atoms with van der Waals surface area (Å²) in [6, 6.07) is 63.8. The molecule has 9 aromatic rings. The summed E-state index contributed by atoms with van der Waals surface area (Å²) >= 11 is 1.84. The van der Waals surface area contributed by atoms with Crippen molar-refractivity contribution in [2.24, 2.45) is 0 Å². The SMILES string of the molecule is C=C/C(=C\C=C\N(C1=CC=CC(c2ccccc2)C1)c1ccc(-c2c(-c3ccccc3)c3ccccc3c3ccccc23)cc1)c1cccc2sc3ccccc3c12. The zero-order valence-electron chi connectivity index (χ0n) is 32.1. The van der Waals surface area contributed by atoms with E-state index in [4.69, 9.17) is 0 Å². The second-order valence-corrected chi connectivity index (χ2v) is 15.9. The fourth-order valence-corrected chi connectivity index (χ4v) is 9.90. The van der Waals surface area contributed by atoms with Crippen molar-refractivity contribution in [3.63, 3.8) is 0 Å². The van der Waals surface area contributed by atoms with Gasteiger partial charge in [-0.3, -0.25) is 0 Å². The Morgan fingerprint density at radius 3 is 1.84 bits per heavy atom. The molecule has 1 aliphatic carbocycles. The van der Waals surface area contributed by atoms with Crippen LogP contribution in [0, 0.1) is 0 Å². The molecule has 276 valence electrons. The Morgan fingerprint density at radius 2 is 1.16 bits per heavy atom. The highest BCUT2D eigenvalue weighted by Gasteiger charge is 2.21. The average Bonchev–Trinajstić information content (AvgIpc) is 3.69. The van der Waals surface area contributed by atoms with Gasteiger partial charge >= 0.3 is 0 Å². The van der Waals surface area contributed by atoms with Gasteiger partial charge in [-0.25, -0.2) is 0 Å². The number of thiophene rings is 1. The Balaban J connectivity index is 1.09. The number of nitrogens with zero attached hydrogens (tertiary/aromatic N) is 1. The summed E-state index contributed by atoms with van der Waals surface area (Å²) < 4.78 is 2.59. The van der Waals surface area contributed by atoms with Crippen LogP contribution in [-0.2, 0) is 0 Å². The molecule has 58 heavy (non-hydrogen) atoms. The smallest absolute Gasteiger partial charge is 0.0452 e. The molecule has 0 fully saturated rings. The molecule has 0 aliphatic heterocycles. The Hall–Kier alpha value is -7.00. The van der Waals surface area contributed by atoms with E-state index >= 15 is 0 Å². The molecule has 8 aromatic carbocycles. The zero-order chi connectivity index (χ0) is 38.8. The Bertz CT molecular complexity index is 3090. The molecule has 0 spiro atoms. The van der Waals surface area contributed by atoms with E-state index in [2.05, 4.69) is 224 Å². The van der Waals surface area contributed by atoms with Gasteiger partial charge in [0.1, 0.15) is 0 Å². The molecule has 1 unspecified atom stereocenters. The van der Waals surface area contributed by atoms with E-state index in [1.165, 1.54) is 80.8 Å². The average molecular weight is 760 g/mol. The summed E-state index contributed by atoms with van der Waals surface area (Å²) in [5, 5.41) is 7.64. The van der Waals surface area contributed by atoms with Crippen LogP contribution in [0.4, 0.5) is 5.69 Å². The summed E-state index contributed by atoms with van der Waals surface area (Å²) in [6.07, 6.45) is 16.3. The number of hydrogen-bond acceptors (Lipinski definition) is 2. The first-order chi connectivity index (χ1) is 28.7. The summed E-state index contributed by atoms with van der Waals surface area (Å²) in [5.74, 6) is 0.289. The van der Waals surface area contributed by atoms with Crippen LogP contribution in [0.25, 0.3) is 69.5 Å². The van der Waals surface area contributed by atoms with Gasteiger partial charge in [0.05, 0.1) is 0 Å². The molecule has 0 saturated heterocycles. The van der Waals surface area contributed by atoms with Crippen LogP contribution in [0.3, 0.4) is 0 Å². The van der Waals surface area contributed by atoms with Crippen LogP contribution in [0.15, 0.2) is 231 Å². The molecule has 1 aromatic heterocycles. The molecular weight excluding hydrogens is 719 g/mol. The van der Waals surface area contributed by atoms with Gasteiger partial charge in [-0.15, -0.1) is 11.3 Å². The van der Waals surface area contributed by atoms with Crippen LogP contribution >= 0.6 is 11.3 Å². The minimum absolute atomic E-state index is 0.289. The highest BCUT2D eigenvalue weighted by atomic mass is 32.1. The minimum Gasteiger partial charge on any atom is -0.321 e.